The van der Waals surface area contributed by atoms with Gasteiger partial charge in [0.15, 0.2) is 5.78 Å². The Bertz CT molecular complexity index is 1330. The second kappa shape index (κ2) is 13.5. The minimum atomic E-state index is -4.70. The number of carbonyl (C=O) groups is 3. The lowest BCUT2D eigenvalue weighted by Gasteiger charge is -2.36. The van der Waals surface area contributed by atoms with Crippen molar-refractivity contribution in [1.29, 1.82) is 0 Å². The number of likely N-dealkylation sites (tertiary alicyclic amines) is 2. The van der Waals surface area contributed by atoms with Crippen LogP contribution in [-0.2, 0) is 15.7 Å². The number of piperidine rings is 1. The van der Waals surface area contributed by atoms with Crippen molar-refractivity contribution in [3.63, 3.8) is 0 Å². The highest BCUT2D eigenvalue weighted by molar-refractivity contribution is 6.42. The molecule has 2 aliphatic heterocycles. The zero-order chi connectivity index (χ0) is 30.6. The Hall–Kier alpha value is -3.02. The van der Waals surface area contributed by atoms with Crippen molar-refractivity contribution in [2.75, 3.05) is 39.9 Å². The van der Waals surface area contributed by atoms with Gasteiger partial charge in [0.2, 0.25) is 5.91 Å². The number of Topliss-reactive ketones (excluding diaryl/α,β-unsaturated/α-hetero) is 1. The van der Waals surface area contributed by atoms with Gasteiger partial charge >= 0.3 is 12.3 Å². The van der Waals surface area contributed by atoms with E-state index in [-0.39, 0.29) is 49.4 Å². The number of rotatable bonds is 8. The summed E-state index contributed by atoms with van der Waals surface area (Å²) < 4.78 is 50.5. The number of hydrogen-bond acceptors (Lipinski definition) is 6. The van der Waals surface area contributed by atoms with Crippen LogP contribution in [-0.4, -0.2) is 79.6 Å². The van der Waals surface area contributed by atoms with E-state index in [1.807, 2.05) is 0 Å². The highest BCUT2D eigenvalue weighted by Crippen LogP contribution is 2.37. The lowest BCUT2D eigenvalue weighted by Crippen LogP contribution is -2.53. The van der Waals surface area contributed by atoms with Crippen LogP contribution in [0.1, 0.15) is 53.6 Å². The number of methoxy groups -OCH3 is 1. The van der Waals surface area contributed by atoms with Crippen LogP contribution in [0.3, 0.4) is 0 Å². The molecule has 0 aromatic heterocycles. The predicted molar refractivity (Wildman–Crippen MR) is 151 cm³/mol. The third-order valence-corrected chi connectivity index (χ3v) is 8.38. The highest BCUT2D eigenvalue weighted by Gasteiger charge is 2.42. The fraction of sp³-hybridized carbons (Fsp3) is 0.483. The number of ketones is 1. The largest absolute Gasteiger partial charge is 0.496 e. The topological polar surface area (TPSA) is 88.2 Å². The molecule has 13 heteroatoms. The number of halogens is 5. The van der Waals surface area contributed by atoms with Crippen molar-refractivity contribution in [3.05, 3.63) is 63.1 Å². The molecular weight excluding hydrogens is 598 g/mol. The first-order chi connectivity index (χ1) is 19.9. The van der Waals surface area contributed by atoms with Gasteiger partial charge in [-0.25, -0.2) is 4.79 Å². The average molecular weight is 630 g/mol. The number of hydrogen-bond donors (Lipinski definition) is 1. The molecule has 2 aromatic rings. The van der Waals surface area contributed by atoms with Gasteiger partial charge in [0.1, 0.15) is 11.8 Å². The second-order valence-electron chi connectivity index (χ2n) is 10.3. The number of ether oxygens (including phenoxy) is 2. The molecule has 0 radical (unpaired) electrons. The molecule has 2 heterocycles. The molecule has 0 aliphatic carbocycles. The molecule has 3 atom stereocenters. The van der Waals surface area contributed by atoms with Gasteiger partial charge in [-0.3, -0.25) is 14.5 Å². The quantitative estimate of drug-likeness (QED) is 0.372. The molecule has 2 aliphatic rings. The monoisotopic (exact) mass is 629 g/mol. The summed E-state index contributed by atoms with van der Waals surface area (Å²) in [6, 6.07) is 7.19. The minimum Gasteiger partial charge on any atom is -0.496 e. The van der Waals surface area contributed by atoms with E-state index >= 15 is 0 Å². The lowest BCUT2D eigenvalue weighted by atomic mass is 9.94. The van der Waals surface area contributed by atoms with E-state index in [1.54, 1.807) is 30.0 Å². The maximum Gasteiger partial charge on any atom is 0.419 e. The fourth-order valence-electron chi connectivity index (χ4n) is 5.52. The molecule has 0 saturated carbocycles. The Morgan fingerprint density at radius 2 is 1.81 bits per heavy atom. The molecule has 2 fully saturated rings. The summed E-state index contributed by atoms with van der Waals surface area (Å²) in [5.41, 5.74) is -0.389. The van der Waals surface area contributed by atoms with Gasteiger partial charge in [0, 0.05) is 37.2 Å². The highest BCUT2D eigenvalue weighted by atomic mass is 35.5. The zero-order valence-corrected chi connectivity index (χ0v) is 24.7. The van der Waals surface area contributed by atoms with E-state index in [9.17, 15) is 27.6 Å². The summed E-state index contributed by atoms with van der Waals surface area (Å²) >= 11 is 12.4. The van der Waals surface area contributed by atoms with E-state index in [4.69, 9.17) is 32.7 Å². The van der Waals surface area contributed by atoms with Crippen molar-refractivity contribution in [2.45, 2.75) is 50.4 Å². The molecule has 1 N–H and O–H groups in total. The molecule has 42 heavy (non-hydrogen) atoms. The normalized spacial score (nSPS) is 20.9. The molecule has 2 aromatic carbocycles. The molecule has 0 spiro atoms. The Morgan fingerprint density at radius 1 is 1.05 bits per heavy atom. The Morgan fingerprint density at radius 3 is 2.48 bits per heavy atom. The van der Waals surface area contributed by atoms with Gasteiger partial charge in [-0.15, -0.1) is 0 Å². The fourth-order valence-corrected chi connectivity index (χ4v) is 5.83. The van der Waals surface area contributed by atoms with E-state index in [2.05, 4.69) is 5.32 Å². The maximum absolute atomic E-state index is 13.7. The van der Waals surface area contributed by atoms with Crippen LogP contribution >= 0.6 is 23.2 Å². The summed E-state index contributed by atoms with van der Waals surface area (Å²) in [6.07, 6.45) is -3.18. The van der Waals surface area contributed by atoms with Crippen molar-refractivity contribution < 1.29 is 37.0 Å². The SMILES string of the molecule is CCOC(=O)N1CCCCC1C(=O)N1CC(NCC(=O)c2ccc(OC)c(C(F)(F)F)c2)C(c2ccc(Cl)c(Cl)c2)C1. The average Bonchev–Trinajstić information content (AvgIpc) is 3.40. The molecular formula is C29H32Cl2F3N3O5. The number of alkyl halides is 3. The first-order valence-corrected chi connectivity index (χ1v) is 14.4. The standard InChI is InChI=1S/C29H32Cl2F3N3O5/c1-3-42-28(40)37-11-5-4-6-24(37)27(39)36-15-19(17-7-9-21(30)22(31)13-17)23(16-36)35-14-25(38)18-8-10-26(41-2)20(12-18)29(32,33)34/h7-10,12-13,19,23-24,35H,3-6,11,14-16H2,1-2H3. The van der Waals surface area contributed by atoms with E-state index < -0.39 is 35.7 Å². The zero-order valence-electron chi connectivity index (χ0n) is 23.2. The third kappa shape index (κ3) is 7.12. The van der Waals surface area contributed by atoms with Crippen molar-refractivity contribution in [3.8, 4) is 5.75 Å². The second-order valence-corrected chi connectivity index (χ2v) is 11.1. The van der Waals surface area contributed by atoms with E-state index in [0.717, 1.165) is 37.6 Å². The molecule has 0 bridgehead atoms. The molecule has 2 amide bonds. The molecule has 4 rings (SSSR count). The van der Waals surface area contributed by atoms with E-state index in [1.165, 1.54) is 11.0 Å². The van der Waals surface area contributed by atoms with Crippen LogP contribution < -0.4 is 10.1 Å². The molecule has 8 nitrogen and oxygen atoms in total. The summed E-state index contributed by atoms with van der Waals surface area (Å²) in [5, 5.41) is 3.84. The molecule has 228 valence electrons. The van der Waals surface area contributed by atoms with Crippen LogP contribution in [0.5, 0.6) is 5.75 Å². The summed E-state index contributed by atoms with van der Waals surface area (Å²) in [5.74, 6) is -1.47. The van der Waals surface area contributed by atoms with Gasteiger partial charge < -0.3 is 19.7 Å². The van der Waals surface area contributed by atoms with Crippen LogP contribution in [0.2, 0.25) is 10.0 Å². The van der Waals surface area contributed by atoms with Crippen LogP contribution in [0, 0.1) is 0 Å². The Labute approximate surface area is 252 Å². The van der Waals surface area contributed by atoms with Gasteiger partial charge in [-0.2, -0.15) is 13.2 Å². The van der Waals surface area contributed by atoms with Gasteiger partial charge in [0.25, 0.3) is 0 Å². The predicted octanol–water partition coefficient (Wildman–Crippen LogP) is 5.80. The van der Waals surface area contributed by atoms with Gasteiger partial charge in [-0.1, -0.05) is 29.3 Å². The number of benzene rings is 2. The summed E-state index contributed by atoms with van der Waals surface area (Å²) in [4.78, 5) is 42.4. The Kier molecular flexibility index (Phi) is 10.3. The van der Waals surface area contributed by atoms with Crippen molar-refractivity contribution in [2.24, 2.45) is 0 Å². The maximum atomic E-state index is 13.7. The van der Waals surface area contributed by atoms with Gasteiger partial charge in [-0.05, 0) is 62.1 Å². The van der Waals surface area contributed by atoms with E-state index in [0.29, 0.717) is 23.0 Å². The molecule has 2 saturated heterocycles. The van der Waals surface area contributed by atoms with Crippen molar-refractivity contribution >= 4 is 41.0 Å². The number of carbonyl (C=O) groups excluding carboxylic acids is 3. The number of amides is 2. The van der Waals surface area contributed by atoms with Gasteiger partial charge in [0.05, 0.1) is 35.9 Å². The number of nitrogens with one attached hydrogen (secondary N) is 1. The Balaban J connectivity index is 1.55. The molecule has 3 unspecified atom stereocenters. The van der Waals surface area contributed by atoms with Crippen molar-refractivity contribution in [1.82, 2.24) is 15.1 Å². The van der Waals surface area contributed by atoms with Crippen LogP contribution in [0.25, 0.3) is 0 Å². The first-order valence-electron chi connectivity index (χ1n) is 13.6. The summed E-state index contributed by atoms with van der Waals surface area (Å²) in [6.45, 7) is 2.52. The minimum absolute atomic E-state index is 0.125. The van der Waals surface area contributed by atoms with Crippen LogP contribution in [0.15, 0.2) is 36.4 Å². The smallest absolute Gasteiger partial charge is 0.419 e. The van der Waals surface area contributed by atoms with Crippen LogP contribution in [0.4, 0.5) is 18.0 Å². The number of nitrogens with zero attached hydrogens (tertiary/aromatic N) is 2. The lowest BCUT2D eigenvalue weighted by molar-refractivity contribution is -0.139. The third-order valence-electron chi connectivity index (χ3n) is 7.65. The summed E-state index contributed by atoms with van der Waals surface area (Å²) in [7, 11) is 1.13. The first kappa shape index (κ1) is 31.9.